The maximum atomic E-state index is 11.8. The number of carbonyl (C=O) groups is 1. The number of nitrogens with zero attached hydrogens (tertiary/aromatic N) is 5. The van der Waals surface area contributed by atoms with E-state index in [0.717, 1.165) is 11.4 Å². The van der Waals surface area contributed by atoms with E-state index in [0.29, 0.717) is 44.6 Å². The normalized spacial score (nSPS) is 14.1. The van der Waals surface area contributed by atoms with Gasteiger partial charge in [0.05, 0.1) is 24.6 Å². The highest BCUT2D eigenvalue weighted by atomic mass is 16.6. The molecule has 0 spiro atoms. The van der Waals surface area contributed by atoms with E-state index in [1.165, 1.54) is 0 Å². The van der Waals surface area contributed by atoms with Gasteiger partial charge in [0.15, 0.2) is 5.82 Å². The molecule has 1 saturated heterocycles. The van der Waals surface area contributed by atoms with Crippen molar-refractivity contribution in [3.05, 3.63) is 30.5 Å². The predicted molar refractivity (Wildman–Crippen MR) is 106 cm³/mol. The highest BCUT2D eigenvalue weighted by Crippen LogP contribution is 2.27. The van der Waals surface area contributed by atoms with Crippen LogP contribution in [-0.4, -0.2) is 65.1 Å². The fraction of sp³-hybridized carbons (Fsp3) is 0.474. The molecule has 1 aromatic carbocycles. The van der Waals surface area contributed by atoms with Crippen LogP contribution < -0.4 is 15.0 Å². The Morgan fingerprint density at radius 2 is 1.96 bits per heavy atom. The standard InChI is InChI=1S/C19H26N6O3/c1-4-27-19(26)25-11-9-24(10-12-25)18-22-17(13-20-23-18)21-15-7-5-6-8-16(15)28-14(2)3/h5-8,13-14H,4,9-12H2,1-3H3,(H,21,22,23). The highest BCUT2D eigenvalue weighted by Gasteiger charge is 2.23. The zero-order valence-corrected chi connectivity index (χ0v) is 16.5. The van der Waals surface area contributed by atoms with Crippen molar-refractivity contribution in [2.75, 3.05) is 43.0 Å². The van der Waals surface area contributed by atoms with Crippen LogP contribution in [0.25, 0.3) is 0 Å². The van der Waals surface area contributed by atoms with Crippen LogP contribution in [0.2, 0.25) is 0 Å². The lowest BCUT2D eigenvalue weighted by atomic mass is 10.3. The molecule has 9 nitrogen and oxygen atoms in total. The SMILES string of the molecule is CCOC(=O)N1CCN(c2nncc(Nc3ccccc3OC(C)C)n2)CC1. The third-order valence-electron chi connectivity index (χ3n) is 4.15. The molecule has 2 heterocycles. The Morgan fingerprint density at radius 3 is 2.68 bits per heavy atom. The number of hydrogen-bond donors (Lipinski definition) is 1. The van der Waals surface area contributed by atoms with Gasteiger partial charge in [-0.15, -0.1) is 5.10 Å². The number of piperazine rings is 1. The third kappa shape index (κ3) is 4.99. The molecule has 0 saturated carbocycles. The summed E-state index contributed by atoms with van der Waals surface area (Å²) in [6.45, 7) is 8.51. The van der Waals surface area contributed by atoms with Gasteiger partial charge in [0.25, 0.3) is 0 Å². The Bertz CT molecular complexity index is 793. The molecule has 9 heteroatoms. The highest BCUT2D eigenvalue weighted by molar-refractivity contribution is 5.68. The van der Waals surface area contributed by atoms with Gasteiger partial charge in [0.1, 0.15) is 5.75 Å². The van der Waals surface area contributed by atoms with Gasteiger partial charge in [-0.2, -0.15) is 10.1 Å². The molecule has 1 aliphatic heterocycles. The van der Waals surface area contributed by atoms with Crippen LogP contribution in [0.4, 0.5) is 22.2 Å². The van der Waals surface area contributed by atoms with Crippen molar-refractivity contribution in [3.63, 3.8) is 0 Å². The first kappa shape index (κ1) is 19.7. The molecule has 3 rings (SSSR count). The van der Waals surface area contributed by atoms with E-state index in [1.54, 1.807) is 18.0 Å². The lowest BCUT2D eigenvalue weighted by molar-refractivity contribution is 0.105. The largest absolute Gasteiger partial charge is 0.489 e. The summed E-state index contributed by atoms with van der Waals surface area (Å²) in [5.41, 5.74) is 0.815. The zero-order valence-electron chi connectivity index (χ0n) is 16.5. The van der Waals surface area contributed by atoms with Crippen molar-refractivity contribution in [2.45, 2.75) is 26.9 Å². The Labute approximate surface area is 164 Å². The summed E-state index contributed by atoms with van der Waals surface area (Å²) in [7, 11) is 0. The van der Waals surface area contributed by atoms with Gasteiger partial charge in [-0.3, -0.25) is 0 Å². The fourth-order valence-electron chi connectivity index (χ4n) is 2.86. The van der Waals surface area contributed by atoms with Gasteiger partial charge < -0.3 is 24.6 Å². The Balaban J connectivity index is 1.66. The Morgan fingerprint density at radius 1 is 1.21 bits per heavy atom. The molecule has 150 valence electrons. The van der Waals surface area contributed by atoms with Crippen LogP contribution in [0.3, 0.4) is 0 Å². The Hall–Kier alpha value is -3.10. The van der Waals surface area contributed by atoms with Gasteiger partial charge in [0, 0.05) is 26.2 Å². The van der Waals surface area contributed by atoms with Gasteiger partial charge in [0.2, 0.25) is 5.95 Å². The van der Waals surface area contributed by atoms with Crippen LogP contribution in [0.1, 0.15) is 20.8 Å². The number of ether oxygens (including phenoxy) is 2. The second-order valence-electron chi connectivity index (χ2n) is 6.60. The fourth-order valence-corrected chi connectivity index (χ4v) is 2.86. The van der Waals surface area contributed by atoms with E-state index >= 15 is 0 Å². The summed E-state index contributed by atoms with van der Waals surface area (Å²) in [5.74, 6) is 1.86. The third-order valence-corrected chi connectivity index (χ3v) is 4.15. The van der Waals surface area contributed by atoms with Crippen molar-refractivity contribution >= 4 is 23.5 Å². The van der Waals surface area contributed by atoms with E-state index < -0.39 is 0 Å². The number of rotatable bonds is 6. The summed E-state index contributed by atoms with van der Waals surface area (Å²) in [4.78, 5) is 20.1. The van der Waals surface area contributed by atoms with E-state index in [1.807, 2.05) is 43.0 Å². The van der Waals surface area contributed by atoms with Crippen LogP contribution >= 0.6 is 0 Å². The minimum Gasteiger partial charge on any atom is -0.489 e. The smallest absolute Gasteiger partial charge is 0.409 e. The van der Waals surface area contributed by atoms with Crippen LogP contribution in [-0.2, 0) is 4.74 Å². The maximum absolute atomic E-state index is 11.8. The summed E-state index contributed by atoms with van der Waals surface area (Å²) >= 11 is 0. The first-order valence-corrected chi connectivity index (χ1v) is 9.46. The second kappa shape index (κ2) is 9.20. The van der Waals surface area contributed by atoms with Crippen molar-refractivity contribution in [1.29, 1.82) is 0 Å². The lowest BCUT2D eigenvalue weighted by Crippen LogP contribution is -2.49. The first-order valence-electron chi connectivity index (χ1n) is 9.46. The minimum atomic E-state index is -0.279. The van der Waals surface area contributed by atoms with E-state index in [2.05, 4.69) is 20.5 Å². The monoisotopic (exact) mass is 386 g/mol. The number of hydrogen-bond acceptors (Lipinski definition) is 8. The molecular weight excluding hydrogens is 360 g/mol. The molecule has 1 amide bonds. The average Bonchev–Trinajstić information content (AvgIpc) is 2.70. The van der Waals surface area contributed by atoms with Gasteiger partial charge in [-0.25, -0.2) is 4.79 Å². The van der Waals surface area contributed by atoms with Crippen molar-refractivity contribution < 1.29 is 14.3 Å². The number of aromatic nitrogens is 3. The molecule has 0 atom stereocenters. The number of benzene rings is 1. The topological polar surface area (TPSA) is 92.7 Å². The van der Waals surface area contributed by atoms with Crippen LogP contribution in [0, 0.1) is 0 Å². The van der Waals surface area contributed by atoms with E-state index in [9.17, 15) is 4.79 Å². The molecular formula is C19H26N6O3. The van der Waals surface area contributed by atoms with Gasteiger partial charge in [-0.1, -0.05) is 12.1 Å². The summed E-state index contributed by atoms with van der Waals surface area (Å²) in [5, 5.41) is 11.5. The quantitative estimate of drug-likeness (QED) is 0.810. The molecule has 0 aliphatic carbocycles. The molecule has 0 radical (unpaired) electrons. The Kier molecular flexibility index (Phi) is 6.46. The number of nitrogens with one attached hydrogen (secondary N) is 1. The predicted octanol–water partition coefficient (Wildman–Crippen LogP) is 2.68. The number of amides is 1. The van der Waals surface area contributed by atoms with E-state index in [4.69, 9.17) is 9.47 Å². The van der Waals surface area contributed by atoms with Crippen molar-refractivity contribution in [3.8, 4) is 5.75 Å². The number of para-hydroxylation sites is 2. The van der Waals surface area contributed by atoms with E-state index in [-0.39, 0.29) is 12.2 Å². The average molecular weight is 386 g/mol. The van der Waals surface area contributed by atoms with Crippen molar-refractivity contribution in [1.82, 2.24) is 20.1 Å². The zero-order chi connectivity index (χ0) is 19.9. The second-order valence-corrected chi connectivity index (χ2v) is 6.60. The summed E-state index contributed by atoms with van der Waals surface area (Å²) in [6.07, 6.45) is 1.36. The number of carbonyl (C=O) groups excluding carboxylic acids is 1. The number of anilines is 3. The molecule has 0 bridgehead atoms. The molecule has 1 N–H and O–H groups in total. The van der Waals surface area contributed by atoms with Gasteiger partial charge >= 0.3 is 6.09 Å². The summed E-state index contributed by atoms with van der Waals surface area (Å²) in [6, 6.07) is 7.69. The molecule has 0 unspecified atom stereocenters. The van der Waals surface area contributed by atoms with Crippen LogP contribution in [0.5, 0.6) is 5.75 Å². The molecule has 2 aromatic rings. The molecule has 28 heavy (non-hydrogen) atoms. The van der Waals surface area contributed by atoms with Gasteiger partial charge in [-0.05, 0) is 32.9 Å². The maximum Gasteiger partial charge on any atom is 0.409 e. The molecule has 1 fully saturated rings. The van der Waals surface area contributed by atoms with Crippen LogP contribution in [0.15, 0.2) is 30.5 Å². The van der Waals surface area contributed by atoms with Crippen molar-refractivity contribution in [2.24, 2.45) is 0 Å². The molecule has 1 aromatic heterocycles. The minimum absolute atomic E-state index is 0.0673. The molecule has 1 aliphatic rings. The lowest BCUT2D eigenvalue weighted by Gasteiger charge is -2.33. The first-order chi connectivity index (χ1) is 13.6. The summed E-state index contributed by atoms with van der Waals surface area (Å²) < 4.78 is 10.9.